The summed E-state index contributed by atoms with van der Waals surface area (Å²) in [5.41, 5.74) is 0. The lowest BCUT2D eigenvalue weighted by Gasteiger charge is -2.40. The van der Waals surface area contributed by atoms with Gasteiger partial charge in [0.05, 0.1) is 12.6 Å². The molecule has 0 aromatic heterocycles. The third kappa shape index (κ3) is 4.13. The second kappa shape index (κ2) is 7.34. The summed E-state index contributed by atoms with van der Waals surface area (Å²) in [5, 5.41) is 41.1. The maximum Gasteiger partial charge on any atom is 0.173 e. The van der Waals surface area contributed by atoms with E-state index in [9.17, 15) is 15.3 Å². The lowest BCUT2D eigenvalue weighted by molar-refractivity contribution is -0.254. The number of nitrogens with one attached hydrogen (secondary N) is 1. The zero-order valence-corrected chi connectivity index (χ0v) is 10.9. The van der Waals surface area contributed by atoms with Crippen molar-refractivity contribution in [2.75, 3.05) is 33.8 Å². The Morgan fingerprint density at radius 2 is 1.83 bits per heavy atom. The number of hydrogen-bond donors (Lipinski definition) is 5. The van der Waals surface area contributed by atoms with Gasteiger partial charge in [-0.1, -0.05) is 0 Å². The first-order valence-corrected chi connectivity index (χ1v) is 6.16. The monoisotopic (exact) mass is 264 g/mol. The quantitative estimate of drug-likeness (QED) is 0.333. The highest BCUT2D eigenvalue weighted by Gasteiger charge is 2.43. The molecule has 0 saturated carbocycles. The Balaban J connectivity index is 2.40. The van der Waals surface area contributed by atoms with Crippen molar-refractivity contribution < 1.29 is 25.2 Å². The first-order valence-electron chi connectivity index (χ1n) is 6.16. The van der Waals surface area contributed by atoms with Crippen LogP contribution in [0.5, 0.6) is 0 Å². The standard InChI is InChI=1S/C11H24N2O5/c1-13(2)5-3-4-12-8-10(16)9(15)7(6-14)18-11(8)17/h7-12,14-17H,3-6H2,1-2H3/t7-,8-,9-,10-,11?/m1/s1. The number of hydrogen-bond acceptors (Lipinski definition) is 7. The lowest BCUT2D eigenvalue weighted by atomic mass is 9.97. The summed E-state index contributed by atoms with van der Waals surface area (Å²) in [5.74, 6) is 0. The van der Waals surface area contributed by atoms with Gasteiger partial charge < -0.3 is 35.4 Å². The molecule has 0 radical (unpaired) electrons. The van der Waals surface area contributed by atoms with E-state index >= 15 is 0 Å². The molecule has 0 aromatic rings. The molecule has 1 aliphatic rings. The van der Waals surface area contributed by atoms with Gasteiger partial charge in [-0.3, -0.25) is 0 Å². The van der Waals surface area contributed by atoms with E-state index in [0.717, 1.165) is 13.0 Å². The molecule has 108 valence electrons. The minimum atomic E-state index is -1.24. The first-order chi connectivity index (χ1) is 8.47. The molecule has 5 N–H and O–H groups in total. The largest absolute Gasteiger partial charge is 0.394 e. The van der Waals surface area contributed by atoms with Crippen LogP contribution < -0.4 is 5.32 Å². The fraction of sp³-hybridized carbons (Fsp3) is 1.00. The summed E-state index contributed by atoms with van der Waals surface area (Å²) in [6.45, 7) is 1.04. The molecule has 0 spiro atoms. The van der Waals surface area contributed by atoms with Crippen LogP contribution in [0.4, 0.5) is 0 Å². The number of rotatable bonds is 6. The lowest BCUT2D eigenvalue weighted by Crippen LogP contribution is -2.63. The highest BCUT2D eigenvalue weighted by Crippen LogP contribution is 2.19. The molecule has 1 fully saturated rings. The molecular weight excluding hydrogens is 240 g/mol. The van der Waals surface area contributed by atoms with E-state index in [4.69, 9.17) is 9.84 Å². The van der Waals surface area contributed by atoms with Crippen molar-refractivity contribution in [2.24, 2.45) is 0 Å². The number of aliphatic hydroxyl groups is 4. The van der Waals surface area contributed by atoms with Gasteiger partial charge in [0.15, 0.2) is 6.29 Å². The Hall–Kier alpha value is -0.280. The molecule has 7 heteroatoms. The van der Waals surface area contributed by atoms with E-state index in [1.165, 1.54) is 0 Å². The van der Waals surface area contributed by atoms with Crippen LogP contribution in [0.1, 0.15) is 6.42 Å². The van der Waals surface area contributed by atoms with E-state index in [1.54, 1.807) is 0 Å². The maximum atomic E-state index is 9.84. The normalized spacial score (nSPS) is 37.2. The molecule has 7 nitrogen and oxygen atoms in total. The zero-order valence-electron chi connectivity index (χ0n) is 10.9. The maximum absolute atomic E-state index is 9.84. The van der Waals surface area contributed by atoms with Crippen LogP contribution in [0.3, 0.4) is 0 Å². The molecular formula is C11H24N2O5. The fourth-order valence-corrected chi connectivity index (χ4v) is 1.98. The minimum absolute atomic E-state index is 0.442. The van der Waals surface area contributed by atoms with Gasteiger partial charge in [-0.15, -0.1) is 0 Å². The second-order valence-electron chi connectivity index (χ2n) is 4.87. The summed E-state index contributed by atoms with van der Waals surface area (Å²) in [4.78, 5) is 2.03. The minimum Gasteiger partial charge on any atom is -0.394 e. The van der Waals surface area contributed by atoms with Crippen molar-refractivity contribution in [3.8, 4) is 0 Å². The summed E-state index contributed by atoms with van der Waals surface area (Å²) in [7, 11) is 3.92. The van der Waals surface area contributed by atoms with Gasteiger partial charge in [-0.05, 0) is 33.6 Å². The van der Waals surface area contributed by atoms with Gasteiger partial charge in [0.25, 0.3) is 0 Å². The third-order valence-electron chi connectivity index (χ3n) is 3.06. The van der Waals surface area contributed by atoms with Crippen molar-refractivity contribution >= 4 is 0 Å². The summed E-state index contributed by atoms with van der Waals surface area (Å²) >= 11 is 0. The van der Waals surface area contributed by atoms with Gasteiger partial charge in [0, 0.05) is 0 Å². The van der Waals surface area contributed by atoms with Gasteiger partial charge in [0.1, 0.15) is 18.3 Å². The molecule has 1 aliphatic heterocycles. The summed E-state index contributed by atoms with van der Waals surface area (Å²) in [6.07, 6.45) is -3.70. The van der Waals surface area contributed by atoms with Crippen LogP contribution in [0.2, 0.25) is 0 Å². The van der Waals surface area contributed by atoms with Crippen molar-refractivity contribution in [3.63, 3.8) is 0 Å². The third-order valence-corrected chi connectivity index (χ3v) is 3.06. The average molecular weight is 264 g/mol. The highest BCUT2D eigenvalue weighted by molar-refractivity contribution is 4.92. The first kappa shape index (κ1) is 15.8. The van der Waals surface area contributed by atoms with Crippen LogP contribution in [0.15, 0.2) is 0 Å². The Morgan fingerprint density at radius 3 is 2.39 bits per heavy atom. The van der Waals surface area contributed by atoms with Crippen molar-refractivity contribution in [3.05, 3.63) is 0 Å². The molecule has 1 rings (SSSR count). The Morgan fingerprint density at radius 1 is 1.17 bits per heavy atom. The summed E-state index contributed by atoms with van der Waals surface area (Å²) in [6, 6.07) is -0.745. The molecule has 5 atom stereocenters. The smallest absolute Gasteiger partial charge is 0.173 e. The predicted molar refractivity (Wildman–Crippen MR) is 64.9 cm³/mol. The molecule has 18 heavy (non-hydrogen) atoms. The topological polar surface area (TPSA) is 105 Å². The SMILES string of the molecule is CN(C)CCCN[C@H]1C(O)O[C@H](CO)[C@@H](O)[C@@H]1O. The molecule has 1 saturated heterocycles. The Labute approximate surface area is 107 Å². The van der Waals surface area contributed by atoms with Crippen LogP contribution in [-0.4, -0.2) is 89.8 Å². The molecule has 1 heterocycles. The molecule has 0 aliphatic carbocycles. The number of nitrogens with zero attached hydrogens (tertiary/aromatic N) is 1. The van der Waals surface area contributed by atoms with Gasteiger partial charge in [0.2, 0.25) is 0 Å². The van der Waals surface area contributed by atoms with E-state index in [2.05, 4.69) is 5.32 Å². The highest BCUT2D eigenvalue weighted by atomic mass is 16.6. The zero-order chi connectivity index (χ0) is 13.7. The van der Waals surface area contributed by atoms with Crippen LogP contribution in [0.25, 0.3) is 0 Å². The average Bonchev–Trinajstić information content (AvgIpc) is 2.32. The van der Waals surface area contributed by atoms with Gasteiger partial charge in [-0.2, -0.15) is 0 Å². The summed E-state index contributed by atoms with van der Waals surface area (Å²) < 4.78 is 5.03. The van der Waals surface area contributed by atoms with E-state index in [0.29, 0.717) is 6.54 Å². The van der Waals surface area contributed by atoms with E-state index in [-0.39, 0.29) is 0 Å². The van der Waals surface area contributed by atoms with Crippen LogP contribution in [0, 0.1) is 0 Å². The Bertz CT molecular complexity index is 241. The fourth-order valence-electron chi connectivity index (χ4n) is 1.98. The Kier molecular flexibility index (Phi) is 6.44. The van der Waals surface area contributed by atoms with Crippen molar-refractivity contribution in [2.45, 2.75) is 37.1 Å². The number of ether oxygens (including phenoxy) is 1. The molecule has 0 aromatic carbocycles. The van der Waals surface area contributed by atoms with E-state index in [1.807, 2.05) is 19.0 Å². The van der Waals surface area contributed by atoms with Gasteiger partial charge in [-0.25, -0.2) is 0 Å². The molecule has 1 unspecified atom stereocenters. The van der Waals surface area contributed by atoms with Crippen molar-refractivity contribution in [1.29, 1.82) is 0 Å². The van der Waals surface area contributed by atoms with Crippen LogP contribution >= 0.6 is 0 Å². The second-order valence-corrected chi connectivity index (χ2v) is 4.87. The molecule has 0 bridgehead atoms. The van der Waals surface area contributed by atoms with Crippen LogP contribution in [-0.2, 0) is 4.74 Å². The van der Waals surface area contributed by atoms with Gasteiger partial charge >= 0.3 is 0 Å². The van der Waals surface area contributed by atoms with E-state index < -0.39 is 37.3 Å². The number of aliphatic hydroxyl groups excluding tert-OH is 4. The van der Waals surface area contributed by atoms with Crippen molar-refractivity contribution in [1.82, 2.24) is 10.2 Å². The molecule has 0 amide bonds. The predicted octanol–water partition coefficient (Wildman–Crippen LogP) is -2.67.